The molecular weight excluding hydrogens is 251 g/mol. The Morgan fingerprint density at radius 3 is 2.25 bits per heavy atom. The quantitative estimate of drug-likeness (QED) is 0.314. The van der Waals surface area contributed by atoms with E-state index in [4.69, 9.17) is 24.8 Å². The van der Waals surface area contributed by atoms with Crippen LogP contribution in [0, 0.1) is 0 Å². The molecule has 80 valence electrons. The van der Waals surface area contributed by atoms with Gasteiger partial charge in [0.05, 0.1) is 0 Å². The first-order valence-corrected chi connectivity index (χ1v) is 5.57. The van der Waals surface area contributed by atoms with Gasteiger partial charge in [-0.3, -0.25) is 0 Å². The fraction of sp³-hybridized carbons (Fsp3) is 0.444. The van der Waals surface area contributed by atoms with Crippen LogP contribution in [-0.2, 0) is 12.6 Å². The van der Waals surface area contributed by atoms with Crippen LogP contribution < -0.4 is 34.5 Å². The van der Waals surface area contributed by atoms with Crippen molar-refractivity contribution in [3.63, 3.8) is 0 Å². The number of piperazine rings is 1. The normalized spacial score (nSPS) is 15.5. The molecule has 0 spiro atoms. The predicted molar refractivity (Wildman–Crippen MR) is 65.8 cm³/mol. The molecule has 16 heavy (non-hydrogen) atoms. The number of hydrogen-bond acceptors (Lipinski definition) is 5. The van der Waals surface area contributed by atoms with Gasteiger partial charge in [0.25, 0.3) is 0 Å². The van der Waals surface area contributed by atoms with Gasteiger partial charge in [0.2, 0.25) is 5.95 Å². The van der Waals surface area contributed by atoms with E-state index in [9.17, 15) is 0 Å². The predicted octanol–water partition coefficient (Wildman–Crippen LogP) is -2.57. The Labute approximate surface area is 128 Å². The zero-order chi connectivity index (χ0) is 10.7. The number of nitrogens with zero attached hydrogens (tertiary/aromatic N) is 4. The van der Waals surface area contributed by atoms with Gasteiger partial charge in [-0.05, 0) is 6.07 Å². The number of anilines is 1. The number of aromatic nitrogens is 2. The van der Waals surface area contributed by atoms with E-state index in [0.29, 0.717) is 4.32 Å². The Kier molecular flexibility index (Phi) is 5.85. The van der Waals surface area contributed by atoms with Crippen LogP contribution in [-0.4, -0.2) is 45.4 Å². The van der Waals surface area contributed by atoms with Crippen molar-refractivity contribution in [1.29, 1.82) is 0 Å². The number of thiocarbonyl (C=S) groups is 1. The summed E-state index contributed by atoms with van der Waals surface area (Å²) in [4.78, 5) is 12.6. The average molecular weight is 262 g/mol. The maximum atomic E-state index is 4.96. The third-order valence-corrected chi connectivity index (χ3v) is 2.89. The van der Waals surface area contributed by atoms with Gasteiger partial charge in [0.1, 0.15) is 0 Å². The molecule has 2 rings (SSSR count). The topological polar surface area (TPSA) is 32.3 Å². The standard InChI is InChI=1S/C9H12N4S2.Na/c14-9(15)13-6-4-12(5-7-13)8-10-2-1-3-11-8;/h1-3H,4-7H2,(H,14,15);/q;+1/p-1. The second-order valence-electron chi connectivity index (χ2n) is 3.29. The van der Waals surface area contributed by atoms with Gasteiger partial charge in [-0.15, -0.1) is 0 Å². The molecule has 0 bridgehead atoms. The van der Waals surface area contributed by atoms with Gasteiger partial charge < -0.3 is 34.6 Å². The molecule has 0 unspecified atom stereocenters. The summed E-state index contributed by atoms with van der Waals surface area (Å²) in [6, 6.07) is 1.82. The molecule has 4 nitrogen and oxygen atoms in total. The van der Waals surface area contributed by atoms with Crippen LogP contribution in [0.4, 0.5) is 5.95 Å². The molecule has 7 heteroatoms. The van der Waals surface area contributed by atoms with Gasteiger partial charge >= 0.3 is 29.6 Å². The number of hydrogen-bond donors (Lipinski definition) is 0. The maximum Gasteiger partial charge on any atom is 1.00 e. The Balaban J connectivity index is 0.00000128. The van der Waals surface area contributed by atoms with Crippen molar-refractivity contribution in [3.05, 3.63) is 18.5 Å². The zero-order valence-electron chi connectivity index (χ0n) is 9.17. The van der Waals surface area contributed by atoms with E-state index >= 15 is 0 Å². The van der Waals surface area contributed by atoms with Crippen LogP contribution in [0.3, 0.4) is 0 Å². The van der Waals surface area contributed by atoms with Crippen LogP contribution in [0.15, 0.2) is 18.5 Å². The summed E-state index contributed by atoms with van der Waals surface area (Å²) < 4.78 is 0.559. The van der Waals surface area contributed by atoms with E-state index < -0.39 is 0 Å². The first kappa shape index (κ1) is 14.1. The van der Waals surface area contributed by atoms with Gasteiger partial charge in [0, 0.05) is 38.6 Å². The molecule has 0 atom stereocenters. The second-order valence-corrected chi connectivity index (χ2v) is 4.32. The van der Waals surface area contributed by atoms with Crippen molar-refractivity contribution in [2.24, 2.45) is 0 Å². The Morgan fingerprint density at radius 2 is 1.75 bits per heavy atom. The molecule has 0 saturated carbocycles. The average Bonchev–Trinajstić information content (AvgIpc) is 2.30. The summed E-state index contributed by atoms with van der Waals surface area (Å²) >= 11 is 9.92. The minimum absolute atomic E-state index is 0. The van der Waals surface area contributed by atoms with E-state index in [2.05, 4.69) is 14.9 Å². The number of rotatable bonds is 1. The molecule has 1 aromatic rings. The van der Waals surface area contributed by atoms with E-state index in [1.54, 1.807) is 12.4 Å². The summed E-state index contributed by atoms with van der Waals surface area (Å²) in [5, 5.41) is 0. The van der Waals surface area contributed by atoms with Crippen molar-refractivity contribution in [1.82, 2.24) is 14.9 Å². The van der Waals surface area contributed by atoms with Crippen LogP contribution in [0.1, 0.15) is 0 Å². The molecule has 2 heterocycles. The SMILES string of the molecule is S=C([S-])N1CCN(c2ncccn2)CC1.[Na+]. The maximum absolute atomic E-state index is 4.96. The van der Waals surface area contributed by atoms with E-state index in [0.717, 1.165) is 32.1 Å². The molecule has 0 N–H and O–H groups in total. The second kappa shape index (κ2) is 6.66. The largest absolute Gasteiger partial charge is 1.00 e. The van der Waals surface area contributed by atoms with Gasteiger partial charge in [-0.25, -0.2) is 9.97 Å². The van der Waals surface area contributed by atoms with Crippen molar-refractivity contribution >= 4 is 35.1 Å². The molecule has 0 amide bonds. The Hall–Kier alpha value is -0.0100. The minimum atomic E-state index is 0. The van der Waals surface area contributed by atoms with Crippen LogP contribution >= 0.6 is 12.2 Å². The van der Waals surface area contributed by atoms with E-state index in [1.165, 1.54) is 0 Å². The molecule has 1 fully saturated rings. The third-order valence-electron chi connectivity index (χ3n) is 2.37. The third kappa shape index (κ3) is 3.49. The first-order valence-electron chi connectivity index (χ1n) is 4.75. The summed E-state index contributed by atoms with van der Waals surface area (Å²) in [7, 11) is 0. The first-order chi connectivity index (χ1) is 7.27. The van der Waals surface area contributed by atoms with Crippen molar-refractivity contribution in [2.45, 2.75) is 0 Å². The summed E-state index contributed by atoms with van der Waals surface area (Å²) in [6.07, 6.45) is 3.51. The van der Waals surface area contributed by atoms with Crippen LogP contribution in [0.5, 0.6) is 0 Å². The molecule has 1 aliphatic rings. The van der Waals surface area contributed by atoms with E-state index in [1.807, 2.05) is 11.0 Å². The van der Waals surface area contributed by atoms with Crippen molar-refractivity contribution in [3.8, 4) is 0 Å². The Bertz CT molecular complexity index is 341. The smallest absolute Gasteiger partial charge is 0.411 e. The summed E-state index contributed by atoms with van der Waals surface area (Å²) in [5.74, 6) is 0.785. The van der Waals surface area contributed by atoms with Gasteiger partial charge in [0.15, 0.2) is 0 Å². The Morgan fingerprint density at radius 1 is 1.19 bits per heavy atom. The molecule has 1 saturated heterocycles. The van der Waals surface area contributed by atoms with Crippen LogP contribution in [0.25, 0.3) is 0 Å². The molecule has 1 aliphatic heterocycles. The molecular formula is C9H11N4NaS2. The molecule has 0 aromatic carbocycles. The summed E-state index contributed by atoms with van der Waals surface area (Å²) in [6.45, 7) is 3.47. The molecule has 0 aliphatic carbocycles. The zero-order valence-corrected chi connectivity index (χ0v) is 12.8. The van der Waals surface area contributed by atoms with Gasteiger partial charge in [-0.1, -0.05) is 4.32 Å². The monoisotopic (exact) mass is 262 g/mol. The molecule has 1 aromatic heterocycles. The van der Waals surface area contributed by atoms with E-state index in [-0.39, 0.29) is 29.6 Å². The molecule has 0 radical (unpaired) electrons. The fourth-order valence-corrected chi connectivity index (χ4v) is 1.91. The minimum Gasteiger partial charge on any atom is -0.411 e. The van der Waals surface area contributed by atoms with Crippen LogP contribution in [0.2, 0.25) is 0 Å². The summed E-state index contributed by atoms with van der Waals surface area (Å²) in [5.41, 5.74) is 0. The van der Waals surface area contributed by atoms with Crippen molar-refractivity contribution in [2.75, 3.05) is 31.1 Å². The van der Waals surface area contributed by atoms with Crippen molar-refractivity contribution < 1.29 is 29.6 Å². The fourth-order valence-electron chi connectivity index (χ4n) is 1.54. The van der Waals surface area contributed by atoms with Gasteiger partial charge in [-0.2, -0.15) is 0 Å².